The highest BCUT2D eigenvalue weighted by Crippen LogP contribution is 2.16. The van der Waals surface area contributed by atoms with Crippen molar-refractivity contribution in [3.05, 3.63) is 29.8 Å². The molecule has 0 aromatic heterocycles. The molecule has 1 aromatic rings. The normalized spacial score (nSPS) is 12.6. The van der Waals surface area contributed by atoms with Crippen LogP contribution in [0.2, 0.25) is 0 Å². The van der Waals surface area contributed by atoms with Gasteiger partial charge in [0, 0.05) is 5.69 Å². The van der Waals surface area contributed by atoms with Gasteiger partial charge in [0.25, 0.3) is 5.91 Å². The molecule has 0 bridgehead atoms. The number of amides is 1. The van der Waals surface area contributed by atoms with Gasteiger partial charge in [-0.25, -0.2) is 4.79 Å². The zero-order chi connectivity index (χ0) is 16.0. The van der Waals surface area contributed by atoms with Crippen molar-refractivity contribution in [1.82, 2.24) is 0 Å². The van der Waals surface area contributed by atoms with Gasteiger partial charge in [0.15, 0.2) is 0 Å². The fraction of sp³-hybridized carbons (Fsp3) is 0.385. The molecular formula is C13H14F3NO4. The predicted molar refractivity (Wildman–Crippen MR) is 67.9 cm³/mol. The van der Waals surface area contributed by atoms with E-state index in [-0.39, 0.29) is 11.3 Å². The molecule has 0 aliphatic heterocycles. The highest BCUT2D eigenvalue weighted by Gasteiger charge is 2.29. The smallest absolute Gasteiger partial charge is 0.411 e. The third kappa shape index (κ3) is 5.82. The number of carbonyl (C=O) groups excluding carboxylic acids is 2. The molecule has 1 atom stereocenters. The lowest BCUT2D eigenvalue weighted by molar-refractivity contribution is -0.184. The summed E-state index contributed by atoms with van der Waals surface area (Å²) in [4.78, 5) is 23.0. The van der Waals surface area contributed by atoms with Gasteiger partial charge in [-0.1, -0.05) is 6.07 Å². The summed E-state index contributed by atoms with van der Waals surface area (Å²) in [5.74, 6) is -1.34. The number of hydrogen-bond acceptors (Lipinski definition) is 4. The molecule has 116 valence electrons. The van der Waals surface area contributed by atoms with Crippen LogP contribution in [0.4, 0.5) is 18.9 Å². The maximum absolute atomic E-state index is 12.0. The average Bonchev–Trinajstić information content (AvgIpc) is 2.43. The van der Waals surface area contributed by atoms with Gasteiger partial charge in [0.1, 0.15) is 12.7 Å². The summed E-state index contributed by atoms with van der Waals surface area (Å²) in [5.41, 5.74) is 0.463. The Morgan fingerprint density at radius 2 is 2.00 bits per heavy atom. The van der Waals surface area contributed by atoms with E-state index in [9.17, 15) is 22.8 Å². The molecule has 1 amide bonds. The van der Waals surface area contributed by atoms with E-state index < -0.39 is 30.8 Å². The molecule has 1 N–H and O–H groups in total. The minimum Gasteiger partial charge on any atom is -0.465 e. The van der Waals surface area contributed by atoms with Crippen LogP contribution < -0.4 is 5.32 Å². The maximum atomic E-state index is 12.0. The number of halogens is 3. The number of ether oxygens (including phenoxy) is 2. The molecule has 0 radical (unpaired) electrons. The van der Waals surface area contributed by atoms with Crippen molar-refractivity contribution in [3.63, 3.8) is 0 Å². The van der Waals surface area contributed by atoms with Crippen LogP contribution in [0.3, 0.4) is 0 Å². The van der Waals surface area contributed by atoms with Gasteiger partial charge in [0.05, 0.1) is 12.7 Å². The highest BCUT2D eigenvalue weighted by molar-refractivity contribution is 5.96. The first-order valence-corrected chi connectivity index (χ1v) is 5.90. The van der Waals surface area contributed by atoms with Crippen LogP contribution in [0, 0.1) is 0 Å². The number of hydrogen-bond donors (Lipinski definition) is 1. The molecule has 1 rings (SSSR count). The van der Waals surface area contributed by atoms with E-state index in [0.29, 0.717) is 0 Å². The molecule has 0 unspecified atom stereocenters. The summed E-state index contributed by atoms with van der Waals surface area (Å²) in [6.45, 7) is -0.310. The maximum Gasteiger partial charge on any atom is 0.411 e. The number of anilines is 1. The van der Waals surface area contributed by atoms with Gasteiger partial charge < -0.3 is 14.8 Å². The van der Waals surface area contributed by atoms with Gasteiger partial charge in [0.2, 0.25) is 0 Å². The SMILES string of the molecule is COC(=O)c1cccc(NC(=O)[C@@H](C)OCC(F)(F)F)c1. The monoisotopic (exact) mass is 305 g/mol. The standard InChI is InChI=1S/C13H14F3NO4/c1-8(21-7-13(14,15)16)11(18)17-10-5-3-4-9(6-10)12(19)20-2/h3-6,8H,7H2,1-2H3,(H,17,18)/t8-/m1/s1. The predicted octanol–water partition coefficient (Wildman–Crippen LogP) is 2.38. The molecule has 0 aliphatic carbocycles. The quantitative estimate of drug-likeness (QED) is 0.848. The first kappa shape index (κ1) is 17.0. The van der Waals surface area contributed by atoms with Crippen LogP contribution in [-0.2, 0) is 14.3 Å². The van der Waals surface area contributed by atoms with E-state index in [4.69, 9.17) is 0 Å². The van der Waals surface area contributed by atoms with E-state index >= 15 is 0 Å². The van der Waals surface area contributed by atoms with Gasteiger partial charge in [-0.15, -0.1) is 0 Å². The van der Waals surface area contributed by atoms with E-state index in [1.807, 2.05) is 0 Å². The van der Waals surface area contributed by atoms with E-state index in [2.05, 4.69) is 14.8 Å². The number of benzene rings is 1. The molecule has 5 nitrogen and oxygen atoms in total. The Balaban J connectivity index is 2.64. The minimum atomic E-state index is -4.50. The molecule has 0 spiro atoms. The Hall–Kier alpha value is -2.09. The third-order valence-corrected chi connectivity index (χ3v) is 2.42. The average molecular weight is 305 g/mol. The van der Waals surface area contributed by atoms with Gasteiger partial charge in [-0.2, -0.15) is 13.2 Å². The summed E-state index contributed by atoms with van der Waals surface area (Å²) in [6, 6.07) is 5.81. The van der Waals surface area contributed by atoms with Crippen molar-refractivity contribution in [1.29, 1.82) is 0 Å². The van der Waals surface area contributed by atoms with Crippen LogP contribution in [0.25, 0.3) is 0 Å². The van der Waals surface area contributed by atoms with Crippen molar-refractivity contribution < 1.29 is 32.2 Å². The van der Waals surface area contributed by atoms with Gasteiger partial charge in [-0.05, 0) is 25.1 Å². The largest absolute Gasteiger partial charge is 0.465 e. The van der Waals surface area contributed by atoms with Crippen molar-refractivity contribution >= 4 is 17.6 Å². The van der Waals surface area contributed by atoms with E-state index in [1.165, 1.54) is 38.3 Å². The topological polar surface area (TPSA) is 64.6 Å². The summed E-state index contributed by atoms with van der Waals surface area (Å²) >= 11 is 0. The molecule has 0 fully saturated rings. The molecular weight excluding hydrogens is 291 g/mol. The van der Waals surface area contributed by atoms with Crippen LogP contribution in [-0.4, -0.2) is 37.9 Å². The summed E-state index contributed by atoms with van der Waals surface area (Å²) in [6.07, 6.45) is -5.78. The summed E-state index contributed by atoms with van der Waals surface area (Å²) in [7, 11) is 1.21. The Labute approximate surface area is 119 Å². The number of alkyl halides is 3. The van der Waals surface area contributed by atoms with Gasteiger partial charge in [-0.3, -0.25) is 4.79 Å². The Morgan fingerprint density at radius 1 is 1.33 bits per heavy atom. The third-order valence-electron chi connectivity index (χ3n) is 2.42. The highest BCUT2D eigenvalue weighted by atomic mass is 19.4. The molecule has 0 heterocycles. The second-order valence-corrected chi connectivity index (χ2v) is 4.13. The lowest BCUT2D eigenvalue weighted by atomic mass is 10.2. The minimum absolute atomic E-state index is 0.208. The van der Waals surface area contributed by atoms with Gasteiger partial charge >= 0.3 is 12.1 Å². The number of rotatable bonds is 5. The van der Waals surface area contributed by atoms with Crippen molar-refractivity contribution in [2.24, 2.45) is 0 Å². The van der Waals surface area contributed by atoms with Crippen LogP contribution >= 0.6 is 0 Å². The zero-order valence-corrected chi connectivity index (χ0v) is 11.4. The summed E-state index contributed by atoms with van der Waals surface area (Å²) < 4.78 is 44.9. The lowest BCUT2D eigenvalue weighted by Crippen LogP contribution is -2.31. The lowest BCUT2D eigenvalue weighted by Gasteiger charge is -2.15. The molecule has 0 saturated heterocycles. The fourth-order valence-electron chi connectivity index (χ4n) is 1.38. The van der Waals surface area contributed by atoms with Crippen molar-refractivity contribution in [2.45, 2.75) is 19.2 Å². The Bertz CT molecular complexity index is 516. The number of carbonyl (C=O) groups is 2. The van der Waals surface area contributed by atoms with Crippen molar-refractivity contribution in [3.8, 4) is 0 Å². The number of methoxy groups -OCH3 is 1. The first-order valence-electron chi connectivity index (χ1n) is 5.90. The molecule has 1 aromatic carbocycles. The fourth-order valence-corrected chi connectivity index (χ4v) is 1.38. The first-order chi connectivity index (χ1) is 9.73. The molecule has 8 heteroatoms. The second-order valence-electron chi connectivity index (χ2n) is 4.13. The summed E-state index contributed by atoms with van der Waals surface area (Å²) in [5, 5.41) is 2.36. The molecule has 21 heavy (non-hydrogen) atoms. The van der Waals surface area contributed by atoms with Crippen LogP contribution in [0.5, 0.6) is 0 Å². The zero-order valence-electron chi connectivity index (χ0n) is 11.4. The number of esters is 1. The Morgan fingerprint density at radius 3 is 2.57 bits per heavy atom. The van der Waals surface area contributed by atoms with Crippen molar-refractivity contribution in [2.75, 3.05) is 19.0 Å². The van der Waals surface area contributed by atoms with Crippen LogP contribution in [0.15, 0.2) is 24.3 Å². The van der Waals surface area contributed by atoms with E-state index in [0.717, 1.165) is 0 Å². The second kappa shape index (κ2) is 7.07. The Kier molecular flexibility index (Phi) is 5.71. The molecule has 0 aliphatic rings. The molecule has 0 saturated carbocycles. The van der Waals surface area contributed by atoms with E-state index in [1.54, 1.807) is 0 Å². The van der Waals surface area contributed by atoms with Crippen LogP contribution in [0.1, 0.15) is 17.3 Å². The number of nitrogens with one attached hydrogen (secondary N) is 1.